The van der Waals surface area contributed by atoms with Crippen molar-refractivity contribution < 1.29 is 13.9 Å². The Kier molecular flexibility index (Phi) is 4.20. The van der Waals surface area contributed by atoms with Crippen LogP contribution in [0.5, 0.6) is 0 Å². The molecule has 0 bridgehead atoms. The van der Waals surface area contributed by atoms with Gasteiger partial charge in [-0.25, -0.2) is 9.18 Å². The monoisotopic (exact) mass is 339 g/mol. The normalized spacial score (nSPS) is 19.2. The second-order valence-electron chi connectivity index (χ2n) is 7.17. The van der Waals surface area contributed by atoms with E-state index in [0.29, 0.717) is 13.1 Å². The molecular formula is C21H22FNO2. The highest BCUT2D eigenvalue weighted by Gasteiger charge is 2.45. The van der Waals surface area contributed by atoms with Crippen molar-refractivity contribution in [1.82, 2.24) is 4.90 Å². The fraction of sp³-hybridized carbons (Fsp3) is 0.381. The zero-order chi connectivity index (χ0) is 17.3. The number of nitrogens with zero attached hydrogens (tertiary/aromatic N) is 1. The van der Waals surface area contributed by atoms with E-state index in [0.717, 1.165) is 42.4 Å². The number of amides is 1. The molecule has 3 nitrogen and oxygen atoms in total. The molecule has 0 radical (unpaired) electrons. The first-order chi connectivity index (χ1) is 12.1. The minimum absolute atomic E-state index is 0.198. The minimum atomic E-state index is -0.253. The Morgan fingerprint density at radius 1 is 1.00 bits per heavy atom. The number of carbonyl (C=O) groups is 1. The van der Waals surface area contributed by atoms with E-state index in [1.54, 1.807) is 6.07 Å². The molecule has 130 valence electrons. The molecule has 0 atom stereocenters. The molecule has 2 aromatic carbocycles. The van der Waals surface area contributed by atoms with Crippen molar-refractivity contribution >= 4 is 6.09 Å². The fourth-order valence-electron chi connectivity index (χ4n) is 3.96. The molecule has 2 aromatic rings. The van der Waals surface area contributed by atoms with Crippen LogP contribution in [0.1, 0.15) is 37.7 Å². The Hall–Kier alpha value is -2.36. The summed E-state index contributed by atoms with van der Waals surface area (Å²) in [4.78, 5) is 14.0. The van der Waals surface area contributed by atoms with Crippen molar-refractivity contribution in [2.75, 3.05) is 6.54 Å². The molecule has 1 amide bonds. The number of ether oxygens (including phenoxy) is 1. The third-order valence-corrected chi connectivity index (χ3v) is 5.29. The van der Waals surface area contributed by atoms with E-state index in [9.17, 15) is 9.18 Å². The van der Waals surface area contributed by atoms with Gasteiger partial charge in [0.1, 0.15) is 11.4 Å². The second-order valence-corrected chi connectivity index (χ2v) is 7.17. The van der Waals surface area contributed by atoms with Gasteiger partial charge < -0.3 is 4.74 Å². The molecular weight excluding hydrogens is 317 g/mol. The predicted molar refractivity (Wildman–Crippen MR) is 94.5 cm³/mol. The van der Waals surface area contributed by atoms with Crippen molar-refractivity contribution in [2.24, 2.45) is 0 Å². The smallest absolute Gasteiger partial charge is 0.410 e. The molecule has 0 N–H and O–H groups in total. The number of rotatable bonds is 3. The average molecular weight is 339 g/mol. The molecule has 1 saturated heterocycles. The van der Waals surface area contributed by atoms with Gasteiger partial charge in [-0.15, -0.1) is 0 Å². The first kappa shape index (κ1) is 16.1. The van der Waals surface area contributed by atoms with Gasteiger partial charge in [0.15, 0.2) is 0 Å². The summed E-state index contributed by atoms with van der Waals surface area (Å²) in [7, 11) is 0. The van der Waals surface area contributed by atoms with E-state index in [1.165, 1.54) is 18.6 Å². The highest BCUT2D eigenvalue weighted by atomic mass is 19.1. The molecule has 0 unspecified atom stereocenters. The second kappa shape index (κ2) is 6.51. The Morgan fingerprint density at radius 2 is 1.76 bits per heavy atom. The van der Waals surface area contributed by atoms with Gasteiger partial charge in [-0.3, -0.25) is 4.90 Å². The largest absolute Gasteiger partial charge is 0.441 e. The lowest BCUT2D eigenvalue weighted by atomic mass is 9.85. The number of hydrogen-bond donors (Lipinski definition) is 0. The van der Waals surface area contributed by atoms with Gasteiger partial charge in [-0.05, 0) is 54.5 Å². The number of benzene rings is 2. The molecule has 0 aromatic heterocycles. The molecule has 2 aliphatic rings. The van der Waals surface area contributed by atoms with Gasteiger partial charge in [0.25, 0.3) is 0 Å². The summed E-state index contributed by atoms with van der Waals surface area (Å²) in [6.07, 6.45) is 5.28. The predicted octanol–water partition coefficient (Wildman–Crippen LogP) is 5.15. The maximum atomic E-state index is 13.4. The van der Waals surface area contributed by atoms with Crippen LogP contribution in [0.3, 0.4) is 0 Å². The molecule has 4 rings (SSSR count). The van der Waals surface area contributed by atoms with Gasteiger partial charge in [0.05, 0.1) is 6.54 Å². The van der Waals surface area contributed by atoms with Crippen molar-refractivity contribution in [3.8, 4) is 11.1 Å². The first-order valence-electron chi connectivity index (χ1n) is 8.96. The van der Waals surface area contributed by atoms with Gasteiger partial charge in [0.2, 0.25) is 0 Å². The SMILES string of the molecule is O=C1OC2(CCCCC2)CN1Cc1ccc(-c2cccc(F)c2)cc1. The van der Waals surface area contributed by atoms with Gasteiger partial charge >= 0.3 is 6.09 Å². The summed E-state index contributed by atoms with van der Waals surface area (Å²) < 4.78 is 19.1. The number of carbonyl (C=O) groups excluding carboxylic acids is 1. The lowest BCUT2D eigenvalue weighted by Crippen LogP contribution is -2.36. The molecule has 4 heteroatoms. The van der Waals surface area contributed by atoms with Crippen LogP contribution < -0.4 is 0 Å². The molecule has 25 heavy (non-hydrogen) atoms. The van der Waals surface area contributed by atoms with Crippen LogP contribution in [0.4, 0.5) is 9.18 Å². The Morgan fingerprint density at radius 3 is 2.48 bits per heavy atom. The standard InChI is InChI=1S/C21H22FNO2/c22-19-6-4-5-18(13-19)17-9-7-16(8-10-17)14-23-15-21(25-20(23)24)11-2-1-3-12-21/h4-10,13H,1-3,11-12,14-15H2. The highest BCUT2D eigenvalue weighted by molar-refractivity contribution is 5.71. The fourth-order valence-corrected chi connectivity index (χ4v) is 3.96. The average Bonchev–Trinajstić information content (AvgIpc) is 2.91. The molecule has 1 heterocycles. The summed E-state index contributed by atoms with van der Waals surface area (Å²) in [5.41, 5.74) is 2.63. The summed E-state index contributed by atoms with van der Waals surface area (Å²) >= 11 is 0. The van der Waals surface area contributed by atoms with E-state index in [-0.39, 0.29) is 17.5 Å². The van der Waals surface area contributed by atoms with Crippen molar-refractivity contribution in [3.05, 3.63) is 59.9 Å². The van der Waals surface area contributed by atoms with Gasteiger partial charge in [-0.1, -0.05) is 42.8 Å². The lowest BCUT2D eigenvalue weighted by Gasteiger charge is -2.30. The minimum Gasteiger partial charge on any atom is -0.441 e. The van der Waals surface area contributed by atoms with E-state index in [4.69, 9.17) is 4.74 Å². The van der Waals surface area contributed by atoms with Crippen LogP contribution >= 0.6 is 0 Å². The van der Waals surface area contributed by atoms with Crippen LogP contribution in [0, 0.1) is 5.82 Å². The Labute approximate surface area is 147 Å². The topological polar surface area (TPSA) is 29.5 Å². The van der Waals surface area contributed by atoms with Crippen LogP contribution in [-0.4, -0.2) is 23.1 Å². The summed E-state index contributed by atoms with van der Waals surface area (Å²) in [6.45, 7) is 1.25. The molecule has 1 saturated carbocycles. The van der Waals surface area contributed by atoms with Gasteiger partial charge in [0, 0.05) is 6.54 Å². The van der Waals surface area contributed by atoms with E-state index >= 15 is 0 Å². The maximum Gasteiger partial charge on any atom is 0.410 e. The molecule has 1 aliphatic heterocycles. The molecule has 2 fully saturated rings. The summed E-state index contributed by atoms with van der Waals surface area (Å²) in [5.74, 6) is -0.237. The zero-order valence-corrected chi connectivity index (χ0v) is 14.2. The van der Waals surface area contributed by atoms with Crippen LogP contribution in [0.2, 0.25) is 0 Å². The Balaban J connectivity index is 1.45. The lowest BCUT2D eigenvalue weighted by molar-refractivity contribution is 0.0260. The third kappa shape index (κ3) is 3.39. The van der Waals surface area contributed by atoms with Gasteiger partial charge in [-0.2, -0.15) is 0 Å². The van der Waals surface area contributed by atoms with Crippen molar-refractivity contribution in [3.63, 3.8) is 0 Å². The number of hydrogen-bond acceptors (Lipinski definition) is 2. The summed E-state index contributed by atoms with van der Waals surface area (Å²) in [6, 6.07) is 14.5. The quantitative estimate of drug-likeness (QED) is 0.774. The van der Waals surface area contributed by atoms with Crippen LogP contribution in [-0.2, 0) is 11.3 Å². The van der Waals surface area contributed by atoms with Crippen molar-refractivity contribution in [2.45, 2.75) is 44.2 Å². The Bertz CT molecular complexity index is 766. The van der Waals surface area contributed by atoms with E-state index in [1.807, 2.05) is 35.2 Å². The summed E-state index contributed by atoms with van der Waals surface area (Å²) in [5, 5.41) is 0. The zero-order valence-electron chi connectivity index (χ0n) is 14.2. The highest BCUT2D eigenvalue weighted by Crippen LogP contribution is 2.37. The van der Waals surface area contributed by atoms with E-state index < -0.39 is 0 Å². The number of halogens is 1. The van der Waals surface area contributed by atoms with Crippen molar-refractivity contribution in [1.29, 1.82) is 0 Å². The van der Waals surface area contributed by atoms with Crippen LogP contribution in [0.25, 0.3) is 11.1 Å². The molecule has 1 spiro atoms. The first-order valence-corrected chi connectivity index (χ1v) is 8.96. The third-order valence-electron chi connectivity index (χ3n) is 5.29. The maximum absolute atomic E-state index is 13.4. The van der Waals surface area contributed by atoms with Crippen LogP contribution in [0.15, 0.2) is 48.5 Å². The molecule has 1 aliphatic carbocycles. The van der Waals surface area contributed by atoms with E-state index in [2.05, 4.69) is 0 Å².